The lowest BCUT2D eigenvalue weighted by molar-refractivity contribution is 1.31. The molecule has 1 rings (SSSR count). The lowest BCUT2D eigenvalue weighted by Crippen LogP contribution is -1.88. The Morgan fingerprint density at radius 2 is 1.81 bits per heavy atom. The summed E-state index contributed by atoms with van der Waals surface area (Å²) in [6.07, 6.45) is 6.45. The van der Waals surface area contributed by atoms with E-state index in [4.69, 9.17) is 0 Å². The molecule has 0 radical (unpaired) electrons. The Labute approximate surface area is 102 Å². The first-order chi connectivity index (χ1) is 7.70. The van der Waals surface area contributed by atoms with E-state index in [1.165, 1.54) is 15.3 Å². The van der Waals surface area contributed by atoms with Gasteiger partial charge in [-0.15, -0.1) is 10.5 Å². The van der Waals surface area contributed by atoms with Crippen molar-refractivity contribution in [1.82, 2.24) is 0 Å². The van der Waals surface area contributed by atoms with Gasteiger partial charge in [0.2, 0.25) is 0 Å². The van der Waals surface area contributed by atoms with Crippen molar-refractivity contribution < 1.29 is 0 Å². The Morgan fingerprint density at radius 3 is 2.38 bits per heavy atom. The highest BCUT2D eigenvalue weighted by atomic mass is 32.2. The third kappa shape index (κ3) is 3.21. The fourth-order valence-electron chi connectivity index (χ4n) is 1.60. The zero-order valence-electron chi connectivity index (χ0n) is 10.5. The van der Waals surface area contributed by atoms with Gasteiger partial charge >= 0.3 is 0 Å². The summed E-state index contributed by atoms with van der Waals surface area (Å²) in [4.78, 5) is 2.84. The summed E-state index contributed by atoms with van der Waals surface area (Å²) < 4.78 is 0. The molecule has 0 saturated heterocycles. The van der Waals surface area contributed by atoms with E-state index in [1.807, 2.05) is 0 Å². The van der Waals surface area contributed by atoms with Crippen molar-refractivity contribution >= 4 is 15.3 Å². The van der Waals surface area contributed by atoms with E-state index in [-0.39, 0.29) is 10.5 Å². The molecule has 0 saturated carbocycles. The molecule has 0 aliphatic rings. The zero-order valence-corrected chi connectivity index (χ0v) is 11.3. The van der Waals surface area contributed by atoms with Crippen LogP contribution >= 0.6 is 10.5 Å². The highest BCUT2D eigenvalue weighted by molar-refractivity contribution is 8.18. The van der Waals surface area contributed by atoms with Crippen LogP contribution in [-0.2, 0) is 0 Å². The Kier molecular flexibility index (Phi) is 5.27. The number of rotatable bonds is 3. The van der Waals surface area contributed by atoms with E-state index in [1.54, 1.807) is 0 Å². The summed E-state index contributed by atoms with van der Waals surface area (Å²) in [6.45, 7) is 8.54. The highest BCUT2D eigenvalue weighted by Crippen LogP contribution is 2.32. The SMILES string of the molecule is C\C=C/C(C)=S(\C=C/C)c1ccccc1C. The van der Waals surface area contributed by atoms with Gasteiger partial charge in [-0.2, -0.15) is 0 Å². The van der Waals surface area contributed by atoms with Crippen molar-refractivity contribution in [3.8, 4) is 0 Å². The third-order valence-corrected chi connectivity index (χ3v) is 4.66. The molecule has 0 bridgehead atoms. The number of hydrogen-bond acceptors (Lipinski definition) is 0. The van der Waals surface area contributed by atoms with Crippen LogP contribution in [0.3, 0.4) is 0 Å². The van der Waals surface area contributed by atoms with Crippen LogP contribution in [0.1, 0.15) is 26.3 Å². The minimum absolute atomic E-state index is 0.105. The van der Waals surface area contributed by atoms with Crippen molar-refractivity contribution in [3.63, 3.8) is 0 Å². The molecule has 0 aliphatic heterocycles. The number of benzene rings is 1. The van der Waals surface area contributed by atoms with Crippen LogP contribution < -0.4 is 0 Å². The summed E-state index contributed by atoms with van der Waals surface area (Å²) in [6, 6.07) is 8.63. The number of aryl methyl sites for hydroxylation is 1. The predicted octanol–water partition coefficient (Wildman–Crippen LogP) is 4.92. The van der Waals surface area contributed by atoms with Crippen molar-refractivity contribution in [2.75, 3.05) is 0 Å². The summed E-state index contributed by atoms with van der Waals surface area (Å²) in [5.41, 5.74) is 1.37. The third-order valence-electron chi connectivity index (χ3n) is 2.35. The molecule has 0 N–H and O–H groups in total. The topological polar surface area (TPSA) is 0 Å². The summed E-state index contributed by atoms with van der Waals surface area (Å²) in [5, 5.41) is 2.29. The molecule has 0 spiro atoms. The van der Waals surface area contributed by atoms with Crippen LogP contribution in [-0.4, -0.2) is 4.86 Å². The van der Waals surface area contributed by atoms with Gasteiger partial charge in [-0.1, -0.05) is 36.4 Å². The number of hydrogen-bond donors (Lipinski definition) is 0. The first-order valence-corrected chi connectivity index (χ1v) is 6.87. The Bertz CT molecular complexity index is 437. The quantitative estimate of drug-likeness (QED) is 0.512. The van der Waals surface area contributed by atoms with Gasteiger partial charge in [-0.05, 0) is 49.6 Å². The standard InChI is InChI=1S/C15H20S/c1-5-9-14(4)16(12-6-2)15-11-8-7-10-13(15)3/h5-12H,1-4H3/b9-5-,12-6-. The molecule has 86 valence electrons. The Morgan fingerprint density at radius 1 is 1.12 bits per heavy atom. The molecule has 1 aromatic carbocycles. The van der Waals surface area contributed by atoms with Crippen LogP contribution in [0.4, 0.5) is 0 Å². The van der Waals surface area contributed by atoms with Gasteiger partial charge in [0.15, 0.2) is 0 Å². The second kappa shape index (κ2) is 6.49. The highest BCUT2D eigenvalue weighted by Gasteiger charge is 2.01. The van der Waals surface area contributed by atoms with E-state index in [9.17, 15) is 0 Å². The van der Waals surface area contributed by atoms with Crippen molar-refractivity contribution in [1.29, 1.82) is 0 Å². The van der Waals surface area contributed by atoms with Crippen molar-refractivity contribution in [3.05, 3.63) is 53.5 Å². The smallest absolute Gasteiger partial charge is 0.00879 e. The maximum absolute atomic E-state index is 2.29. The molecule has 16 heavy (non-hydrogen) atoms. The number of allylic oxidation sites excluding steroid dienone is 3. The molecule has 1 heteroatoms. The Balaban J connectivity index is 3.34. The minimum atomic E-state index is 0.105. The van der Waals surface area contributed by atoms with Gasteiger partial charge in [-0.25, -0.2) is 0 Å². The normalized spacial score (nSPS) is 14.6. The van der Waals surface area contributed by atoms with Gasteiger partial charge < -0.3 is 0 Å². The van der Waals surface area contributed by atoms with Crippen LogP contribution in [0.5, 0.6) is 0 Å². The fraction of sp³-hybridized carbons (Fsp3) is 0.267. The van der Waals surface area contributed by atoms with E-state index in [0.29, 0.717) is 0 Å². The maximum Gasteiger partial charge on any atom is 0.00879 e. The average molecular weight is 232 g/mol. The van der Waals surface area contributed by atoms with E-state index in [0.717, 1.165) is 0 Å². The largest absolute Gasteiger partial charge is 0.128 e. The lowest BCUT2D eigenvalue weighted by Gasteiger charge is -2.10. The van der Waals surface area contributed by atoms with E-state index >= 15 is 0 Å². The van der Waals surface area contributed by atoms with Gasteiger partial charge in [0.25, 0.3) is 0 Å². The second-order valence-electron chi connectivity index (χ2n) is 3.68. The first-order valence-electron chi connectivity index (χ1n) is 5.58. The van der Waals surface area contributed by atoms with Crippen LogP contribution in [0.25, 0.3) is 0 Å². The summed E-state index contributed by atoms with van der Waals surface area (Å²) in [5.74, 6) is 0. The lowest BCUT2D eigenvalue weighted by atomic mass is 10.2. The van der Waals surface area contributed by atoms with E-state index in [2.05, 4.69) is 75.6 Å². The van der Waals surface area contributed by atoms with Crippen LogP contribution in [0.2, 0.25) is 0 Å². The molecular formula is C15H20S. The first kappa shape index (κ1) is 13.0. The summed E-state index contributed by atoms with van der Waals surface area (Å²) >= 11 is 0. The minimum Gasteiger partial charge on any atom is -0.128 e. The molecule has 0 aromatic heterocycles. The Hall–Kier alpha value is -1.08. The molecule has 1 atom stereocenters. The monoisotopic (exact) mass is 232 g/mol. The predicted molar refractivity (Wildman–Crippen MR) is 77.3 cm³/mol. The maximum atomic E-state index is 2.29. The molecule has 0 nitrogen and oxygen atoms in total. The molecule has 1 aromatic rings. The summed E-state index contributed by atoms with van der Waals surface area (Å²) in [7, 11) is 0.105. The molecule has 0 aliphatic carbocycles. The van der Waals surface area contributed by atoms with E-state index < -0.39 is 0 Å². The fourth-order valence-corrected chi connectivity index (χ4v) is 3.50. The second-order valence-corrected chi connectivity index (χ2v) is 5.71. The zero-order chi connectivity index (χ0) is 12.0. The molecule has 0 heterocycles. The molecule has 1 unspecified atom stereocenters. The molecule has 0 fully saturated rings. The van der Waals surface area contributed by atoms with Gasteiger partial charge in [0.1, 0.15) is 0 Å². The average Bonchev–Trinajstić information content (AvgIpc) is 2.27. The van der Waals surface area contributed by atoms with Gasteiger partial charge in [0, 0.05) is 4.90 Å². The van der Waals surface area contributed by atoms with Crippen LogP contribution in [0.15, 0.2) is 52.8 Å². The van der Waals surface area contributed by atoms with Gasteiger partial charge in [-0.3, -0.25) is 0 Å². The van der Waals surface area contributed by atoms with Crippen molar-refractivity contribution in [2.45, 2.75) is 32.6 Å². The molecular weight excluding hydrogens is 212 g/mol. The van der Waals surface area contributed by atoms with Crippen molar-refractivity contribution in [2.24, 2.45) is 0 Å². The van der Waals surface area contributed by atoms with Gasteiger partial charge in [0.05, 0.1) is 0 Å². The van der Waals surface area contributed by atoms with Crippen LogP contribution in [0, 0.1) is 6.92 Å². The molecule has 0 amide bonds.